The molecule has 59 heavy (non-hydrogen) atoms. The molecule has 3 nitrogen and oxygen atoms in total. The summed E-state index contributed by atoms with van der Waals surface area (Å²) in [6.07, 6.45) is 0. The van der Waals surface area contributed by atoms with Gasteiger partial charge in [0.15, 0.2) is 0 Å². The SMILES string of the molecule is c1ccc(-c2ccc(C3c4ccc(-c5ccc6c7ccccc7n(-c7nc8c9c(cccc9n7)Sc7ccccc7-8)c6c5)cc4-c4c3ccc3ccccc43)cc2)cc1. The van der Waals surface area contributed by atoms with Crippen LogP contribution >= 0.6 is 11.8 Å². The van der Waals surface area contributed by atoms with E-state index in [9.17, 15) is 0 Å². The highest BCUT2D eigenvalue weighted by Gasteiger charge is 2.32. The fraction of sp³-hybridized carbons (Fsp3) is 0.0182. The Hall–Kier alpha value is -7.27. The van der Waals surface area contributed by atoms with E-state index in [4.69, 9.17) is 9.97 Å². The van der Waals surface area contributed by atoms with E-state index in [1.54, 1.807) is 11.8 Å². The molecule has 9 aromatic carbocycles. The Morgan fingerprint density at radius 1 is 0.441 bits per heavy atom. The number of rotatable bonds is 4. The molecule has 0 amide bonds. The molecule has 2 aromatic heterocycles. The van der Waals surface area contributed by atoms with Crippen LogP contribution in [0.4, 0.5) is 0 Å². The Morgan fingerprint density at radius 3 is 2.05 bits per heavy atom. The predicted octanol–water partition coefficient (Wildman–Crippen LogP) is 14.5. The van der Waals surface area contributed by atoms with Crippen LogP contribution in [-0.2, 0) is 0 Å². The van der Waals surface area contributed by atoms with Crippen LogP contribution < -0.4 is 0 Å². The second kappa shape index (κ2) is 12.6. The lowest BCUT2D eigenvalue weighted by molar-refractivity contribution is 1.01. The highest BCUT2D eigenvalue weighted by Crippen LogP contribution is 2.52. The lowest BCUT2D eigenvalue weighted by Gasteiger charge is -2.20. The van der Waals surface area contributed by atoms with Gasteiger partial charge < -0.3 is 0 Å². The van der Waals surface area contributed by atoms with E-state index in [0.717, 1.165) is 38.8 Å². The fourth-order valence-corrected chi connectivity index (χ4v) is 10.9. The quantitative estimate of drug-likeness (QED) is 0.179. The van der Waals surface area contributed by atoms with Crippen molar-refractivity contribution in [1.29, 1.82) is 0 Å². The minimum absolute atomic E-state index is 0.142. The van der Waals surface area contributed by atoms with Gasteiger partial charge in [-0.05, 0) is 97.2 Å². The summed E-state index contributed by atoms with van der Waals surface area (Å²) < 4.78 is 2.27. The van der Waals surface area contributed by atoms with E-state index >= 15 is 0 Å². The number of hydrogen-bond acceptors (Lipinski definition) is 3. The first kappa shape index (κ1) is 32.8. The molecule has 13 rings (SSSR count). The Labute approximate surface area is 345 Å². The predicted molar refractivity (Wildman–Crippen MR) is 245 cm³/mol. The van der Waals surface area contributed by atoms with Crippen molar-refractivity contribution in [2.24, 2.45) is 0 Å². The molecule has 1 aliphatic carbocycles. The largest absolute Gasteiger partial charge is 0.278 e. The molecule has 0 radical (unpaired) electrons. The van der Waals surface area contributed by atoms with Gasteiger partial charge in [0, 0.05) is 37.4 Å². The van der Waals surface area contributed by atoms with Gasteiger partial charge in [-0.25, -0.2) is 9.97 Å². The molecule has 0 N–H and O–H groups in total. The zero-order valence-corrected chi connectivity index (χ0v) is 32.6. The van der Waals surface area contributed by atoms with Crippen LogP contribution in [0.3, 0.4) is 0 Å². The second-order valence-corrected chi connectivity index (χ2v) is 16.8. The van der Waals surface area contributed by atoms with Crippen LogP contribution in [0.25, 0.3) is 94.1 Å². The van der Waals surface area contributed by atoms with Gasteiger partial charge in [-0.3, -0.25) is 4.57 Å². The number of para-hydroxylation sites is 1. The van der Waals surface area contributed by atoms with Crippen LogP contribution in [0.15, 0.2) is 204 Å². The van der Waals surface area contributed by atoms with Crippen molar-refractivity contribution >= 4 is 55.2 Å². The summed E-state index contributed by atoms with van der Waals surface area (Å²) in [5, 5.41) is 6.05. The standard InChI is InChI=1S/C55H33N3S/c1-2-11-33(12-3-1)34-21-23-36(24-22-34)51-42-29-27-37(31-45(42)52-39-14-5-4-13-35(39)25-30-44(51)52)38-26-28-41-40-15-6-8-18-47(40)58(48(41)32-38)55-56-46-17-10-20-50-53(46)54(57-55)43-16-7-9-19-49(43)59-50/h1-32,51H. The molecule has 1 unspecified atom stereocenters. The van der Waals surface area contributed by atoms with E-state index < -0.39 is 0 Å². The minimum Gasteiger partial charge on any atom is -0.278 e. The third kappa shape index (κ3) is 4.90. The van der Waals surface area contributed by atoms with Gasteiger partial charge >= 0.3 is 0 Å². The Bertz CT molecular complexity index is 3530. The number of fused-ring (bicyclic) bond motifs is 10. The summed E-state index contributed by atoms with van der Waals surface area (Å²) in [6.45, 7) is 0. The molecule has 11 aromatic rings. The zero-order valence-electron chi connectivity index (χ0n) is 31.8. The van der Waals surface area contributed by atoms with E-state index in [2.05, 4.69) is 199 Å². The van der Waals surface area contributed by atoms with Crippen molar-refractivity contribution in [1.82, 2.24) is 14.5 Å². The van der Waals surface area contributed by atoms with Gasteiger partial charge in [0.05, 0.1) is 22.2 Å². The molecular weight excluding hydrogens is 735 g/mol. The first-order chi connectivity index (χ1) is 29.2. The van der Waals surface area contributed by atoms with Crippen LogP contribution in [0.5, 0.6) is 0 Å². The highest BCUT2D eigenvalue weighted by atomic mass is 32.2. The third-order valence-corrected chi connectivity index (χ3v) is 13.6. The highest BCUT2D eigenvalue weighted by molar-refractivity contribution is 7.99. The molecule has 0 spiro atoms. The van der Waals surface area contributed by atoms with Crippen molar-refractivity contribution in [2.45, 2.75) is 15.7 Å². The van der Waals surface area contributed by atoms with Gasteiger partial charge in [-0.1, -0.05) is 169 Å². The summed E-state index contributed by atoms with van der Waals surface area (Å²) in [5.74, 6) is 0.828. The average Bonchev–Trinajstić information content (AvgIpc) is 3.82. The summed E-state index contributed by atoms with van der Waals surface area (Å²) >= 11 is 1.80. The lowest BCUT2D eigenvalue weighted by atomic mass is 9.87. The van der Waals surface area contributed by atoms with Crippen LogP contribution in [0.2, 0.25) is 0 Å². The molecule has 2 aliphatic rings. The summed E-state index contributed by atoms with van der Waals surface area (Å²) in [7, 11) is 0. The molecular formula is C55H33N3S. The minimum atomic E-state index is 0.142. The number of nitrogens with zero attached hydrogens (tertiary/aromatic N) is 3. The van der Waals surface area contributed by atoms with Crippen molar-refractivity contribution in [3.05, 3.63) is 211 Å². The van der Waals surface area contributed by atoms with E-state index in [1.165, 1.54) is 75.8 Å². The van der Waals surface area contributed by atoms with E-state index in [1.807, 2.05) is 0 Å². The molecule has 3 heterocycles. The normalized spacial score (nSPS) is 13.9. The number of benzene rings is 9. The lowest BCUT2D eigenvalue weighted by Crippen LogP contribution is -2.05. The molecule has 0 saturated carbocycles. The Balaban J connectivity index is 0.996. The maximum Gasteiger partial charge on any atom is 0.235 e. The Morgan fingerprint density at radius 2 is 1.14 bits per heavy atom. The summed E-state index contributed by atoms with van der Waals surface area (Å²) in [4.78, 5) is 13.1. The van der Waals surface area contributed by atoms with E-state index in [-0.39, 0.29) is 5.92 Å². The molecule has 1 aliphatic heterocycles. The van der Waals surface area contributed by atoms with Gasteiger partial charge in [0.25, 0.3) is 0 Å². The topological polar surface area (TPSA) is 30.7 Å². The van der Waals surface area contributed by atoms with Crippen molar-refractivity contribution in [2.75, 3.05) is 0 Å². The van der Waals surface area contributed by atoms with Crippen LogP contribution in [0, 0.1) is 0 Å². The maximum absolute atomic E-state index is 5.42. The second-order valence-electron chi connectivity index (χ2n) is 15.7. The van der Waals surface area contributed by atoms with Gasteiger partial charge in [-0.2, -0.15) is 0 Å². The summed E-state index contributed by atoms with van der Waals surface area (Å²) in [5.41, 5.74) is 16.8. The number of aromatic nitrogens is 3. The van der Waals surface area contributed by atoms with Gasteiger partial charge in [0.2, 0.25) is 5.95 Å². The Kier molecular flexibility index (Phi) is 7.01. The number of hydrogen-bond donors (Lipinski definition) is 0. The monoisotopic (exact) mass is 767 g/mol. The van der Waals surface area contributed by atoms with Crippen molar-refractivity contribution in [3.8, 4) is 50.6 Å². The van der Waals surface area contributed by atoms with Gasteiger partial charge in [0.1, 0.15) is 0 Å². The zero-order chi connectivity index (χ0) is 38.6. The van der Waals surface area contributed by atoms with Crippen molar-refractivity contribution in [3.63, 3.8) is 0 Å². The van der Waals surface area contributed by atoms with Crippen LogP contribution in [-0.4, -0.2) is 14.5 Å². The first-order valence-corrected chi connectivity index (χ1v) is 21.0. The average molecular weight is 768 g/mol. The molecule has 0 saturated heterocycles. The van der Waals surface area contributed by atoms with Crippen molar-refractivity contribution < 1.29 is 0 Å². The smallest absolute Gasteiger partial charge is 0.235 e. The maximum atomic E-state index is 5.42. The molecule has 1 atom stereocenters. The molecule has 0 fully saturated rings. The molecule has 274 valence electrons. The molecule has 4 heteroatoms. The van der Waals surface area contributed by atoms with Crippen LogP contribution in [0.1, 0.15) is 22.6 Å². The fourth-order valence-electron chi connectivity index (χ4n) is 9.81. The van der Waals surface area contributed by atoms with Gasteiger partial charge in [-0.15, -0.1) is 0 Å². The van der Waals surface area contributed by atoms with E-state index in [0.29, 0.717) is 5.95 Å². The first-order valence-electron chi connectivity index (χ1n) is 20.2. The molecule has 0 bridgehead atoms. The third-order valence-electron chi connectivity index (χ3n) is 12.5. The summed E-state index contributed by atoms with van der Waals surface area (Å²) in [6, 6.07) is 71.0.